The van der Waals surface area contributed by atoms with Gasteiger partial charge in [-0.3, -0.25) is 4.90 Å². The van der Waals surface area contributed by atoms with Crippen LogP contribution in [-0.2, 0) is 24.4 Å². The number of aliphatic imine (C=N–C) groups is 1. The Bertz CT molecular complexity index is 882. The maximum Gasteiger partial charge on any atom is 0.191 e. The van der Waals surface area contributed by atoms with Crippen molar-refractivity contribution in [1.82, 2.24) is 15.5 Å². The Morgan fingerprint density at radius 3 is 2.64 bits per heavy atom. The molecule has 0 radical (unpaired) electrons. The van der Waals surface area contributed by atoms with Crippen molar-refractivity contribution in [1.29, 1.82) is 0 Å². The molecule has 0 unspecified atom stereocenters. The van der Waals surface area contributed by atoms with Gasteiger partial charge in [0.25, 0.3) is 0 Å². The number of para-hydroxylation sites is 1. The van der Waals surface area contributed by atoms with Crippen molar-refractivity contribution in [2.75, 3.05) is 39.5 Å². The number of rotatable bonds is 10. The fourth-order valence-corrected chi connectivity index (χ4v) is 3.82. The number of nitrogens with zero attached hydrogens (tertiary/aromatic N) is 2. The predicted molar refractivity (Wildman–Crippen MR) is 144 cm³/mol. The Hall–Kier alpha value is -1.84. The topological polar surface area (TPSA) is 58.1 Å². The summed E-state index contributed by atoms with van der Waals surface area (Å²) in [5.41, 5.74) is 3.71. The molecule has 0 aromatic heterocycles. The van der Waals surface area contributed by atoms with Gasteiger partial charge in [-0.25, -0.2) is 4.99 Å². The summed E-state index contributed by atoms with van der Waals surface area (Å²) in [7, 11) is 0. The van der Waals surface area contributed by atoms with Gasteiger partial charge in [-0.15, -0.1) is 24.0 Å². The van der Waals surface area contributed by atoms with Gasteiger partial charge in [-0.05, 0) is 42.9 Å². The molecule has 1 aliphatic heterocycles. The lowest BCUT2D eigenvalue weighted by Gasteiger charge is -2.26. The summed E-state index contributed by atoms with van der Waals surface area (Å²) in [6.45, 7) is 9.70. The van der Waals surface area contributed by atoms with E-state index in [-0.39, 0.29) is 24.0 Å². The van der Waals surface area contributed by atoms with Crippen molar-refractivity contribution >= 4 is 29.9 Å². The zero-order valence-corrected chi connectivity index (χ0v) is 21.9. The summed E-state index contributed by atoms with van der Waals surface area (Å²) >= 11 is 0. The van der Waals surface area contributed by atoms with Gasteiger partial charge in [0.1, 0.15) is 5.75 Å². The second-order valence-electron chi connectivity index (χ2n) is 8.62. The summed E-state index contributed by atoms with van der Waals surface area (Å²) in [5, 5.41) is 6.83. The maximum absolute atomic E-state index is 6.05. The van der Waals surface area contributed by atoms with Gasteiger partial charge < -0.3 is 20.1 Å². The Kier molecular flexibility index (Phi) is 10.8. The van der Waals surface area contributed by atoms with E-state index in [0.717, 1.165) is 69.2 Å². The third-order valence-electron chi connectivity index (χ3n) is 5.86. The van der Waals surface area contributed by atoms with Crippen LogP contribution in [0, 0.1) is 5.92 Å². The van der Waals surface area contributed by atoms with Crippen LogP contribution in [-0.4, -0.2) is 50.3 Å². The van der Waals surface area contributed by atoms with Crippen LogP contribution in [0.5, 0.6) is 5.75 Å². The third-order valence-corrected chi connectivity index (χ3v) is 5.86. The minimum atomic E-state index is 0. The van der Waals surface area contributed by atoms with E-state index in [2.05, 4.69) is 64.9 Å². The normalized spacial score (nSPS) is 16.7. The first-order chi connectivity index (χ1) is 15.8. The van der Waals surface area contributed by atoms with Crippen molar-refractivity contribution in [3.05, 3.63) is 65.2 Å². The van der Waals surface area contributed by atoms with E-state index in [1.807, 2.05) is 6.07 Å². The molecule has 1 saturated heterocycles. The van der Waals surface area contributed by atoms with E-state index in [1.165, 1.54) is 24.0 Å². The predicted octanol–water partition coefficient (Wildman–Crippen LogP) is 4.18. The number of benzene rings is 2. The van der Waals surface area contributed by atoms with Crippen molar-refractivity contribution in [2.24, 2.45) is 10.9 Å². The Labute approximate surface area is 215 Å². The first-order valence-electron chi connectivity index (χ1n) is 11.9. The van der Waals surface area contributed by atoms with Crippen LogP contribution >= 0.6 is 24.0 Å². The molecule has 0 bridgehead atoms. The van der Waals surface area contributed by atoms with E-state index >= 15 is 0 Å². The molecule has 1 aliphatic carbocycles. The Balaban J connectivity index is 0.00000306. The number of halogens is 1. The molecular formula is C26H37IN4O2. The highest BCUT2D eigenvalue weighted by atomic mass is 127. The fourth-order valence-electron chi connectivity index (χ4n) is 3.82. The molecule has 1 heterocycles. The van der Waals surface area contributed by atoms with Crippen molar-refractivity contribution in [3.63, 3.8) is 0 Å². The fraction of sp³-hybridized carbons (Fsp3) is 0.500. The summed E-state index contributed by atoms with van der Waals surface area (Å²) < 4.78 is 11.5. The number of nitrogens with one attached hydrogen (secondary N) is 2. The molecular weight excluding hydrogens is 527 g/mol. The Morgan fingerprint density at radius 1 is 1.06 bits per heavy atom. The van der Waals surface area contributed by atoms with Gasteiger partial charge in [-0.2, -0.15) is 0 Å². The molecule has 33 heavy (non-hydrogen) atoms. The SMILES string of the molecule is CCNC(=NCc1cccc(CN2CCOCC2)c1)NCc1ccccc1OCC1CC1.I. The molecule has 2 aromatic carbocycles. The molecule has 180 valence electrons. The quantitative estimate of drug-likeness (QED) is 0.258. The van der Waals surface area contributed by atoms with Crippen LogP contribution in [0.2, 0.25) is 0 Å². The lowest BCUT2D eigenvalue weighted by Crippen LogP contribution is -2.36. The van der Waals surface area contributed by atoms with Crippen LogP contribution in [0.25, 0.3) is 0 Å². The minimum absolute atomic E-state index is 0. The highest BCUT2D eigenvalue weighted by Crippen LogP contribution is 2.30. The number of hydrogen-bond donors (Lipinski definition) is 2. The monoisotopic (exact) mass is 564 g/mol. The largest absolute Gasteiger partial charge is 0.493 e. The van der Waals surface area contributed by atoms with E-state index in [1.54, 1.807) is 0 Å². The van der Waals surface area contributed by atoms with Crippen LogP contribution in [0.3, 0.4) is 0 Å². The molecule has 4 rings (SSSR count). The van der Waals surface area contributed by atoms with Gasteiger partial charge in [0.2, 0.25) is 0 Å². The van der Waals surface area contributed by atoms with Crippen LogP contribution in [0.15, 0.2) is 53.5 Å². The van der Waals surface area contributed by atoms with Gasteiger partial charge >= 0.3 is 0 Å². The van der Waals surface area contributed by atoms with E-state index in [4.69, 9.17) is 14.5 Å². The van der Waals surface area contributed by atoms with Crippen LogP contribution in [0.1, 0.15) is 36.5 Å². The summed E-state index contributed by atoms with van der Waals surface area (Å²) in [4.78, 5) is 7.27. The highest BCUT2D eigenvalue weighted by molar-refractivity contribution is 14.0. The summed E-state index contributed by atoms with van der Waals surface area (Å²) in [5.74, 6) is 2.54. The molecule has 0 spiro atoms. The average Bonchev–Trinajstić information content (AvgIpc) is 3.66. The zero-order valence-electron chi connectivity index (χ0n) is 19.6. The van der Waals surface area contributed by atoms with Gasteiger partial charge in [0.05, 0.1) is 26.4 Å². The van der Waals surface area contributed by atoms with E-state index < -0.39 is 0 Å². The highest BCUT2D eigenvalue weighted by Gasteiger charge is 2.22. The number of guanidine groups is 1. The molecule has 2 aromatic rings. The first-order valence-corrected chi connectivity index (χ1v) is 11.9. The van der Waals surface area contributed by atoms with E-state index in [9.17, 15) is 0 Å². The van der Waals surface area contributed by atoms with E-state index in [0.29, 0.717) is 13.1 Å². The molecule has 6 nitrogen and oxygen atoms in total. The number of ether oxygens (including phenoxy) is 2. The minimum Gasteiger partial charge on any atom is -0.493 e. The van der Waals surface area contributed by atoms with Gasteiger partial charge in [-0.1, -0.05) is 42.5 Å². The third kappa shape index (κ3) is 8.79. The second kappa shape index (κ2) is 13.8. The standard InChI is InChI=1S/C26H36N4O2.HI/c1-2-27-26(29-18-24-8-3-4-9-25(24)32-20-21-10-11-21)28-17-22-6-5-7-23(16-22)19-30-12-14-31-15-13-30;/h3-9,16,21H,2,10-15,17-20H2,1H3,(H2,27,28,29);1H. The lowest BCUT2D eigenvalue weighted by molar-refractivity contribution is 0.0342. The molecule has 2 fully saturated rings. The average molecular weight is 565 g/mol. The van der Waals surface area contributed by atoms with Crippen molar-refractivity contribution < 1.29 is 9.47 Å². The maximum atomic E-state index is 6.05. The van der Waals surface area contributed by atoms with Gasteiger partial charge in [0.15, 0.2) is 5.96 Å². The Morgan fingerprint density at radius 2 is 1.85 bits per heavy atom. The molecule has 7 heteroatoms. The molecule has 2 aliphatic rings. The molecule has 2 N–H and O–H groups in total. The molecule has 1 saturated carbocycles. The summed E-state index contributed by atoms with van der Waals surface area (Å²) in [6.07, 6.45) is 2.59. The van der Waals surface area contributed by atoms with Crippen molar-refractivity contribution in [3.8, 4) is 5.75 Å². The number of morpholine rings is 1. The van der Waals surface area contributed by atoms with Crippen LogP contribution in [0.4, 0.5) is 0 Å². The number of hydrogen-bond acceptors (Lipinski definition) is 4. The summed E-state index contributed by atoms with van der Waals surface area (Å²) in [6, 6.07) is 17.0. The smallest absolute Gasteiger partial charge is 0.191 e. The molecule has 0 amide bonds. The zero-order chi connectivity index (χ0) is 22.0. The van der Waals surface area contributed by atoms with Crippen molar-refractivity contribution in [2.45, 2.75) is 39.4 Å². The van der Waals surface area contributed by atoms with Gasteiger partial charge in [0, 0.05) is 38.3 Å². The first kappa shape index (κ1) is 25.8. The molecule has 0 atom stereocenters. The lowest BCUT2D eigenvalue weighted by atomic mass is 10.1. The van der Waals surface area contributed by atoms with Crippen LogP contribution < -0.4 is 15.4 Å². The second-order valence-corrected chi connectivity index (χ2v) is 8.62.